The first kappa shape index (κ1) is 20.7. The van der Waals surface area contributed by atoms with Crippen molar-refractivity contribution < 1.29 is 14.3 Å². The molecule has 1 atom stereocenters. The molecule has 0 bridgehead atoms. The number of nitrogens with one attached hydrogen (secondary N) is 2. The molecule has 1 rings (SSSR count). The zero-order valence-corrected chi connectivity index (χ0v) is 15.6. The van der Waals surface area contributed by atoms with Gasteiger partial charge in [0.15, 0.2) is 5.96 Å². The van der Waals surface area contributed by atoms with Crippen molar-refractivity contribution >= 4 is 11.9 Å². The first-order valence-corrected chi connectivity index (χ1v) is 8.97. The lowest BCUT2D eigenvalue weighted by Crippen LogP contribution is -2.46. The molecule has 7 heteroatoms. The lowest BCUT2D eigenvalue weighted by molar-refractivity contribution is -0.140. The predicted molar refractivity (Wildman–Crippen MR) is 96.2 cm³/mol. The van der Waals surface area contributed by atoms with Gasteiger partial charge < -0.3 is 20.1 Å². The van der Waals surface area contributed by atoms with E-state index in [4.69, 9.17) is 9.73 Å². The molecular weight excluding hydrogens is 308 g/mol. The van der Waals surface area contributed by atoms with Gasteiger partial charge in [-0.05, 0) is 19.3 Å². The number of carbonyl (C=O) groups is 1. The SMILES string of the molecule is CCNC(=NCC(CC(C)C)N1CCOCC1)NCCC(=O)OC. The van der Waals surface area contributed by atoms with Crippen LogP contribution in [0.15, 0.2) is 4.99 Å². The highest BCUT2D eigenvalue weighted by Crippen LogP contribution is 2.14. The van der Waals surface area contributed by atoms with Crippen LogP contribution in [0.2, 0.25) is 0 Å². The number of hydrogen-bond donors (Lipinski definition) is 2. The van der Waals surface area contributed by atoms with Crippen molar-refractivity contribution in [3.63, 3.8) is 0 Å². The molecule has 1 aliphatic heterocycles. The molecule has 0 spiro atoms. The van der Waals surface area contributed by atoms with Gasteiger partial charge in [0.05, 0.1) is 33.3 Å². The summed E-state index contributed by atoms with van der Waals surface area (Å²) in [5.41, 5.74) is 0. The Balaban J connectivity index is 2.58. The predicted octanol–water partition coefficient (Wildman–Crippen LogP) is 0.852. The van der Waals surface area contributed by atoms with E-state index in [-0.39, 0.29) is 5.97 Å². The summed E-state index contributed by atoms with van der Waals surface area (Å²) in [4.78, 5) is 18.4. The van der Waals surface area contributed by atoms with Crippen LogP contribution in [-0.4, -0.2) is 75.9 Å². The van der Waals surface area contributed by atoms with E-state index in [9.17, 15) is 4.79 Å². The number of hydrogen-bond acceptors (Lipinski definition) is 5. The molecule has 0 aromatic rings. The average molecular weight is 342 g/mol. The molecule has 0 amide bonds. The van der Waals surface area contributed by atoms with Crippen molar-refractivity contribution in [2.45, 2.75) is 39.7 Å². The van der Waals surface area contributed by atoms with Crippen LogP contribution in [0.25, 0.3) is 0 Å². The first-order valence-electron chi connectivity index (χ1n) is 8.97. The molecule has 0 aromatic carbocycles. The maximum absolute atomic E-state index is 11.2. The highest BCUT2D eigenvalue weighted by atomic mass is 16.5. The lowest BCUT2D eigenvalue weighted by atomic mass is 10.0. The van der Waals surface area contributed by atoms with Crippen LogP contribution >= 0.6 is 0 Å². The van der Waals surface area contributed by atoms with Crippen LogP contribution < -0.4 is 10.6 Å². The van der Waals surface area contributed by atoms with E-state index < -0.39 is 0 Å². The van der Waals surface area contributed by atoms with Gasteiger partial charge in [0, 0.05) is 32.2 Å². The van der Waals surface area contributed by atoms with Gasteiger partial charge in [-0.15, -0.1) is 0 Å². The third kappa shape index (κ3) is 8.49. The second-order valence-corrected chi connectivity index (χ2v) is 6.40. The number of rotatable bonds is 9. The minimum absolute atomic E-state index is 0.218. The van der Waals surface area contributed by atoms with Crippen molar-refractivity contribution in [1.82, 2.24) is 15.5 Å². The van der Waals surface area contributed by atoms with Crippen LogP contribution in [0, 0.1) is 5.92 Å². The summed E-state index contributed by atoms with van der Waals surface area (Å²) in [6.45, 7) is 12.1. The normalized spacial score (nSPS) is 17.6. The zero-order chi connectivity index (χ0) is 17.8. The fourth-order valence-electron chi connectivity index (χ4n) is 2.75. The summed E-state index contributed by atoms with van der Waals surface area (Å²) < 4.78 is 10.1. The summed E-state index contributed by atoms with van der Waals surface area (Å²) in [6, 6.07) is 0.421. The van der Waals surface area contributed by atoms with E-state index in [1.54, 1.807) is 0 Å². The van der Waals surface area contributed by atoms with Crippen LogP contribution in [0.3, 0.4) is 0 Å². The lowest BCUT2D eigenvalue weighted by Gasteiger charge is -2.34. The Labute approximate surface area is 146 Å². The number of aliphatic imine (C=N–C) groups is 1. The second-order valence-electron chi connectivity index (χ2n) is 6.40. The molecule has 1 aliphatic rings. The van der Waals surface area contributed by atoms with Gasteiger partial charge in [-0.2, -0.15) is 0 Å². The summed E-state index contributed by atoms with van der Waals surface area (Å²) in [5.74, 6) is 1.16. The van der Waals surface area contributed by atoms with Crippen molar-refractivity contribution in [3.8, 4) is 0 Å². The summed E-state index contributed by atoms with van der Waals surface area (Å²) in [5, 5.41) is 6.42. The highest BCUT2D eigenvalue weighted by Gasteiger charge is 2.21. The molecule has 1 fully saturated rings. The molecule has 24 heavy (non-hydrogen) atoms. The molecule has 7 nitrogen and oxygen atoms in total. The van der Waals surface area contributed by atoms with Crippen LogP contribution in [0.1, 0.15) is 33.6 Å². The van der Waals surface area contributed by atoms with E-state index in [1.165, 1.54) is 7.11 Å². The molecule has 0 aliphatic carbocycles. The molecule has 1 heterocycles. The number of esters is 1. The largest absolute Gasteiger partial charge is 0.469 e. The van der Waals surface area contributed by atoms with E-state index in [1.807, 2.05) is 6.92 Å². The average Bonchev–Trinajstić information content (AvgIpc) is 2.58. The third-order valence-corrected chi connectivity index (χ3v) is 3.96. The number of ether oxygens (including phenoxy) is 2. The van der Waals surface area contributed by atoms with Crippen LogP contribution in [-0.2, 0) is 14.3 Å². The quantitative estimate of drug-likeness (QED) is 0.368. The number of guanidine groups is 1. The molecule has 0 aromatic heterocycles. The topological polar surface area (TPSA) is 75.2 Å². The van der Waals surface area contributed by atoms with Crippen LogP contribution in [0.4, 0.5) is 0 Å². The Hall–Kier alpha value is -1.34. The van der Waals surface area contributed by atoms with Gasteiger partial charge >= 0.3 is 5.97 Å². The number of nitrogens with zero attached hydrogens (tertiary/aromatic N) is 2. The summed E-state index contributed by atoms with van der Waals surface area (Å²) >= 11 is 0. The number of methoxy groups -OCH3 is 1. The van der Waals surface area contributed by atoms with Crippen LogP contribution in [0.5, 0.6) is 0 Å². The monoisotopic (exact) mass is 342 g/mol. The Kier molecular flexibility index (Phi) is 10.4. The molecule has 2 N–H and O–H groups in total. The summed E-state index contributed by atoms with van der Waals surface area (Å²) in [6.07, 6.45) is 1.45. The van der Waals surface area contributed by atoms with E-state index in [0.717, 1.165) is 51.8 Å². The van der Waals surface area contributed by atoms with Gasteiger partial charge in [0.25, 0.3) is 0 Å². The van der Waals surface area contributed by atoms with Gasteiger partial charge in [-0.3, -0.25) is 14.7 Å². The van der Waals surface area contributed by atoms with E-state index in [2.05, 4.69) is 34.1 Å². The van der Waals surface area contributed by atoms with Gasteiger partial charge in [0.1, 0.15) is 0 Å². The van der Waals surface area contributed by atoms with E-state index >= 15 is 0 Å². The Morgan fingerprint density at radius 1 is 1.29 bits per heavy atom. The Morgan fingerprint density at radius 2 is 2.00 bits per heavy atom. The molecule has 140 valence electrons. The molecular formula is C17H34N4O3. The van der Waals surface area contributed by atoms with Crippen molar-refractivity contribution in [2.24, 2.45) is 10.9 Å². The highest BCUT2D eigenvalue weighted by molar-refractivity contribution is 5.80. The third-order valence-electron chi connectivity index (χ3n) is 3.96. The van der Waals surface area contributed by atoms with Gasteiger partial charge in [-0.25, -0.2) is 0 Å². The molecule has 0 radical (unpaired) electrons. The first-order chi connectivity index (χ1) is 11.6. The van der Waals surface area contributed by atoms with Gasteiger partial charge in [0.2, 0.25) is 0 Å². The summed E-state index contributed by atoms with van der Waals surface area (Å²) in [7, 11) is 1.40. The molecule has 1 saturated heterocycles. The smallest absolute Gasteiger partial charge is 0.307 e. The standard InChI is InChI=1S/C17H34N4O3/c1-5-18-17(19-7-6-16(22)23-4)20-13-15(12-14(2)3)21-8-10-24-11-9-21/h14-15H,5-13H2,1-4H3,(H2,18,19,20). The maximum Gasteiger partial charge on any atom is 0.307 e. The zero-order valence-electron chi connectivity index (χ0n) is 15.6. The van der Waals surface area contributed by atoms with Crippen molar-refractivity contribution in [3.05, 3.63) is 0 Å². The van der Waals surface area contributed by atoms with E-state index in [0.29, 0.717) is 24.9 Å². The minimum Gasteiger partial charge on any atom is -0.469 e. The van der Waals surface area contributed by atoms with Crippen molar-refractivity contribution in [2.75, 3.05) is 53.0 Å². The Morgan fingerprint density at radius 3 is 2.58 bits per heavy atom. The Bertz CT molecular complexity index is 382. The molecule has 0 saturated carbocycles. The number of morpholine rings is 1. The molecule has 1 unspecified atom stereocenters. The number of carbonyl (C=O) groups excluding carboxylic acids is 1. The fourth-order valence-corrected chi connectivity index (χ4v) is 2.75. The van der Waals surface area contributed by atoms with Gasteiger partial charge in [-0.1, -0.05) is 13.8 Å². The minimum atomic E-state index is -0.218. The fraction of sp³-hybridized carbons (Fsp3) is 0.882. The second kappa shape index (κ2) is 12.1. The maximum atomic E-state index is 11.2. The van der Waals surface area contributed by atoms with Crippen molar-refractivity contribution in [1.29, 1.82) is 0 Å².